The third-order valence-electron chi connectivity index (χ3n) is 3.68. The maximum atomic E-state index is 8.49. The van der Waals surface area contributed by atoms with Crippen LogP contribution in [0.1, 0.15) is 23.6 Å². The molecule has 0 aromatic heterocycles. The Morgan fingerprint density at radius 1 is 1.24 bits per heavy atom. The summed E-state index contributed by atoms with van der Waals surface area (Å²) in [6.45, 7) is 0.0730. The van der Waals surface area contributed by atoms with Gasteiger partial charge in [0.15, 0.2) is 6.61 Å². The Labute approximate surface area is 129 Å². The van der Waals surface area contributed by atoms with Gasteiger partial charge < -0.3 is 10.1 Å². The Morgan fingerprint density at radius 2 is 2.05 bits per heavy atom. The zero-order valence-corrected chi connectivity index (χ0v) is 12.2. The summed E-state index contributed by atoms with van der Waals surface area (Å²) in [6.07, 6.45) is 2.12. The molecule has 1 aliphatic carbocycles. The topological polar surface area (TPSA) is 45.0 Å². The number of nitrogens with zero attached hydrogens (tertiary/aromatic N) is 1. The fourth-order valence-corrected chi connectivity index (χ4v) is 2.89. The van der Waals surface area contributed by atoms with Crippen LogP contribution in [0, 0.1) is 11.3 Å². The van der Waals surface area contributed by atoms with Crippen LogP contribution in [0.2, 0.25) is 5.02 Å². The molecule has 2 aromatic carbocycles. The van der Waals surface area contributed by atoms with E-state index in [-0.39, 0.29) is 6.61 Å². The molecule has 3 rings (SSSR count). The van der Waals surface area contributed by atoms with Crippen molar-refractivity contribution in [3.8, 4) is 11.8 Å². The lowest BCUT2D eigenvalue weighted by atomic mass is 10.1. The monoisotopic (exact) mass is 298 g/mol. The maximum Gasteiger partial charge on any atom is 0.174 e. The number of ether oxygens (including phenoxy) is 1. The van der Waals surface area contributed by atoms with Crippen molar-refractivity contribution < 1.29 is 4.74 Å². The lowest BCUT2D eigenvalue weighted by Gasteiger charge is -2.16. The van der Waals surface area contributed by atoms with E-state index in [2.05, 4.69) is 17.4 Å². The number of nitrogens with one attached hydrogen (secondary N) is 1. The molecule has 1 atom stereocenters. The molecule has 3 nitrogen and oxygen atoms in total. The van der Waals surface area contributed by atoms with Gasteiger partial charge in [-0.25, -0.2) is 0 Å². The van der Waals surface area contributed by atoms with E-state index in [1.54, 1.807) is 0 Å². The van der Waals surface area contributed by atoms with Gasteiger partial charge in [-0.3, -0.25) is 0 Å². The number of benzene rings is 2. The van der Waals surface area contributed by atoms with Crippen molar-refractivity contribution in [1.29, 1.82) is 5.26 Å². The predicted octanol–water partition coefficient (Wildman–Crippen LogP) is 4.34. The fraction of sp³-hybridized carbons (Fsp3) is 0.235. The van der Waals surface area contributed by atoms with Gasteiger partial charge in [0.05, 0.1) is 6.04 Å². The summed E-state index contributed by atoms with van der Waals surface area (Å²) in [4.78, 5) is 0. The number of hydrogen-bond acceptors (Lipinski definition) is 3. The van der Waals surface area contributed by atoms with E-state index in [0.29, 0.717) is 11.8 Å². The van der Waals surface area contributed by atoms with Gasteiger partial charge in [0, 0.05) is 10.7 Å². The van der Waals surface area contributed by atoms with Crippen LogP contribution in [0.15, 0.2) is 42.5 Å². The average molecular weight is 299 g/mol. The molecule has 21 heavy (non-hydrogen) atoms. The summed E-state index contributed by atoms with van der Waals surface area (Å²) >= 11 is 6.03. The summed E-state index contributed by atoms with van der Waals surface area (Å²) in [6, 6.07) is 16.1. The Kier molecular flexibility index (Phi) is 3.98. The first kappa shape index (κ1) is 13.8. The number of anilines is 1. The van der Waals surface area contributed by atoms with Gasteiger partial charge in [-0.1, -0.05) is 17.7 Å². The van der Waals surface area contributed by atoms with Crippen molar-refractivity contribution in [3.05, 3.63) is 58.6 Å². The largest absolute Gasteiger partial charge is 0.479 e. The summed E-state index contributed by atoms with van der Waals surface area (Å²) in [7, 11) is 0. The van der Waals surface area contributed by atoms with Gasteiger partial charge >= 0.3 is 0 Å². The number of fused-ring (bicyclic) bond motifs is 1. The van der Waals surface area contributed by atoms with Gasteiger partial charge in [0.2, 0.25) is 0 Å². The van der Waals surface area contributed by atoms with Crippen LogP contribution >= 0.6 is 11.6 Å². The highest BCUT2D eigenvalue weighted by Crippen LogP contribution is 2.35. The molecule has 106 valence electrons. The number of aryl methyl sites for hydroxylation is 1. The Hall–Kier alpha value is -2.18. The van der Waals surface area contributed by atoms with Crippen LogP contribution in [0.3, 0.4) is 0 Å². The van der Waals surface area contributed by atoms with Crippen LogP contribution in [0.5, 0.6) is 5.75 Å². The summed E-state index contributed by atoms with van der Waals surface area (Å²) in [5.41, 5.74) is 3.70. The molecule has 0 spiro atoms. The molecule has 4 heteroatoms. The minimum absolute atomic E-state index is 0.0730. The maximum absolute atomic E-state index is 8.49. The number of rotatable bonds is 4. The van der Waals surface area contributed by atoms with Crippen LogP contribution in [-0.4, -0.2) is 6.61 Å². The van der Waals surface area contributed by atoms with Gasteiger partial charge in [0.25, 0.3) is 0 Å². The summed E-state index contributed by atoms with van der Waals surface area (Å²) in [5, 5.41) is 12.8. The van der Waals surface area contributed by atoms with E-state index in [9.17, 15) is 0 Å². The molecule has 0 bridgehead atoms. The number of halogens is 1. The number of hydrogen-bond donors (Lipinski definition) is 1. The molecule has 0 saturated heterocycles. The molecule has 0 aliphatic heterocycles. The molecule has 1 unspecified atom stereocenters. The lowest BCUT2D eigenvalue weighted by molar-refractivity contribution is 0.368. The highest BCUT2D eigenvalue weighted by Gasteiger charge is 2.22. The van der Waals surface area contributed by atoms with Gasteiger partial charge in [-0.2, -0.15) is 5.26 Å². The quantitative estimate of drug-likeness (QED) is 0.913. The Morgan fingerprint density at radius 3 is 2.81 bits per heavy atom. The SMILES string of the molecule is N#CCOc1ccc(NC2CCc3cc(Cl)ccc32)cc1. The standard InChI is InChI=1S/C17H15ClN2O/c18-13-2-7-16-12(11-13)1-8-17(16)20-14-3-5-15(6-4-14)21-10-9-19/h2-7,11,17,20H,1,8,10H2. The minimum atomic E-state index is 0.0730. The highest BCUT2D eigenvalue weighted by atomic mass is 35.5. The average Bonchev–Trinajstić information content (AvgIpc) is 2.88. The number of nitriles is 1. The van der Waals surface area contributed by atoms with Crippen LogP contribution < -0.4 is 10.1 Å². The molecule has 0 amide bonds. The fourth-order valence-electron chi connectivity index (χ4n) is 2.70. The molecule has 0 radical (unpaired) electrons. The van der Waals surface area contributed by atoms with Gasteiger partial charge in [-0.15, -0.1) is 0 Å². The second kappa shape index (κ2) is 6.07. The van der Waals surface area contributed by atoms with Crippen LogP contribution in [0.25, 0.3) is 0 Å². The second-order valence-corrected chi connectivity index (χ2v) is 5.49. The highest BCUT2D eigenvalue weighted by molar-refractivity contribution is 6.30. The molecule has 2 aromatic rings. The summed E-state index contributed by atoms with van der Waals surface area (Å²) < 4.78 is 5.25. The van der Waals surface area contributed by atoms with Crippen molar-refractivity contribution in [1.82, 2.24) is 0 Å². The van der Waals surface area contributed by atoms with Crippen LogP contribution in [0.4, 0.5) is 5.69 Å². The first-order valence-corrected chi connectivity index (χ1v) is 7.29. The van der Waals surface area contributed by atoms with Crippen molar-refractivity contribution in [2.24, 2.45) is 0 Å². The van der Waals surface area contributed by atoms with E-state index in [1.807, 2.05) is 36.4 Å². The van der Waals surface area contributed by atoms with Crippen LogP contribution in [-0.2, 0) is 6.42 Å². The third kappa shape index (κ3) is 3.12. The summed E-state index contributed by atoms with van der Waals surface area (Å²) in [5.74, 6) is 0.709. The molecular weight excluding hydrogens is 284 g/mol. The van der Waals surface area contributed by atoms with Gasteiger partial charge in [-0.05, 0) is 60.4 Å². The van der Waals surface area contributed by atoms with Crippen molar-refractivity contribution in [3.63, 3.8) is 0 Å². The second-order valence-electron chi connectivity index (χ2n) is 5.05. The first-order chi connectivity index (χ1) is 10.3. The van der Waals surface area contributed by atoms with Gasteiger partial charge in [0.1, 0.15) is 11.8 Å². The minimum Gasteiger partial charge on any atom is -0.479 e. The van der Waals surface area contributed by atoms with E-state index in [4.69, 9.17) is 21.6 Å². The zero-order chi connectivity index (χ0) is 14.7. The third-order valence-corrected chi connectivity index (χ3v) is 3.92. The van der Waals surface area contributed by atoms with Crippen molar-refractivity contribution in [2.75, 3.05) is 11.9 Å². The Bertz CT molecular complexity index is 676. The van der Waals surface area contributed by atoms with E-state index in [1.165, 1.54) is 11.1 Å². The smallest absolute Gasteiger partial charge is 0.174 e. The lowest BCUT2D eigenvalue weighted by Crippen LogP contribution is -2.06. The molecule has 1 aliphatic rings. The normalized spacial score (nSPS) is 16.1. The van der Waals surface area contributed by atoms with Crippen molar-refractivity contribution in [2.45, 2.75) is 18.9 Å². The molecule has 1 N–H and O–H groups in total. The van der Waals surface area contributed by atoms with E-state index in [0.717, 1.165) is 23.6 Å². The first-order valence-electron chi connectivity index (χ1n) is 6.91. The Balaban J connectivity index is 1.70. The van der Waals surface area contributed by atoms with E-state index >= 15 is 0 Å². The molecular formula is C17H15ClN2O. The molecule has 0 saturated carbocycles. The molecule has 0 fully saturated rings. The molecule has 0 heterocycles. The zero-order valence-electron chi connectivity index (χ0n) is 11.5. The van der Waals surface area contributed by atoms with Crippen molar-refractivity contribution >= 4 is 17.3 Å². The predicted molar refractivity (Wildman–Crippen MR) is 83.7 cm³/mol. The van der Waals surface area contributed by atoms with E-state index < -0.39 is 0 Å².